The van der Waals surface area contributed by atoms with Crippen molar-refractivity contribution in [2.45, 2.75) is 51.2 Å². The fourth-order valence-electron chi connectivity index (χ4n) is 5.85. The second kappa shape index (κ2) is 11.8. The number of alkyl halides is 2. The van der Waals surface area contributed by atoms with Gasteiger partial charge in [-0.15, -0.1) is 0 Å². The van der Waals surface area contributed by atoms with E-state index in [-0.39, 0.29) is 49.2 Å². The molecule has 0 radical (unpaired) electrons. The average Bonchev–Trinajstić information content (AvgIpc) is 2.93. The lowest BCUT2D eigenvalue weighted by Gasteiger charge is -2.48. The van der Waals surface area contributed by atoms with Crippen molar-refractivity contribution < 1.29 is 27.0 Å². The molecule has 0 bridgehead atoms. The van der Waals surface area contributed by atoms with E-state index >= 15 is 0 Å². The third-order valence-corrected chi connectivity index (χ3v) is 9.12. The Morgan fingerprint density at radius 3 is 2.64 bits per heavy atom. The van der Waals surface area contributed by atoms with Crippen molar-refractivity contribution in [3.8, 4) is 0 Å². The molecule has 0 aliphatic carbocycles. The van der Waals surface area contributed by atoms with Crippen LogP contribution in [0, 0.1) is 5.92 Å². The molecule has 228 valence electrons. The van der Waals surface area contributed by atoms with Crippen molar-refractivity contribution in [1.29, 1.82) is 0 Å². The fraction of sp³-hybridized carbons (Fsp3) is 0.552. The highest BCUT2D eigenvalue weighted by molar-refractivity contribution is 7.90. The normalized spacial score (nSPS) is 22.4. The van der Waals surface area contributed by atoms with Crippen molar-refractivity contribution in [3.05, 3.63) is 42.2 Å². The van der Waals surface area contributed by atoms with E-state index in [9.17, 15) is 17.2 Å². The molecule has 3 atom stereocenters. The molecule has 2 aliphatic heterocycles. The summed E-state index contributed by atoms with van der Waals surface area (Å²) in [6.45, 7) is 6.25. The fourth-order valence-corrected chi connectivity index (χ4v) is 7.01. The molecule has 10 nitrogen and oxygen atoms in total. The lowest BCUT2D eigenvalue weighted by Crippen LogP contribution is -2.57. The highest BCUT2D eigenvalue weighted by Gasteiger charge is 2.46. The van der Waals surface area contributed by atoms with Crippen molar-refractivity contribution in [3.63, 3.8) is 0 Å². The molecule has 0 saturated carbocycles. The standard InChI is InChI=1S/C29H38F2N6O4S/c1-18(2)21-5-6-24(37-15-20(19(37)3)16-42(4,39)40)23-14-33-27(13-22(21)23)34-26-7-9-32-28(35-26)36-10-8-25(41-12-11-38)29(30,31)17-36/h5-7,9,13-14,18-20,25,38H,8,10-12,15-17H2,1-4H3,(H,32,33,34,35)/t19-,20-,25+/m1/s1. The second-order valence-electron chi connectivity index (χ2n) is 11.6. The summed E-state index contributed by atoms with van der Waals surface area (Å²) in [5.74, 6) is -1.44. The van der Waals surface area contributed by atoms with Gasteiger partial charge < -0.3 is 25.0 Å². The molecule has 5 rings (SSSR count). The molecule has 0 unspecified atom stereocenters. The zero-order valence-corrected chi connectivity index (χ0v) is 25.1. The van der Waals surface area contributed by atoms with Gasteiger partial charge in [0.2, 0.25) is 5.95 Å². The minimum Gasteiger partial charge on any atom is -0.394 e. The number of piperidine rings is 1. The van der Waals surface area contributed by atoms with E-state index in [0.717, 1.165) is 22.0 Å². The van der Waals surface area contributed by atoms with Crippen LogP contribution < -0.4 is 15.1 Å². The number of halogens is 2. The van der Waals surface area contributed by atoms with Gasteiger partial charge in [-0.2, -0.15) is 4.98 Å². The topological polar surface area (TPSA) is 121 Å². The number of nitrogens with one attached hydrogen (secondary N) is 1. The van der Waals surface area contributed by atoms with Crippen LogP contribution in [0.25, 0.3) is 10.8 Å². The number of nitrogens with zero attached hydrogens (tertiary/aromatic N) is 5. The highest BCUT2D eigenvalue weighted by Crippen LogP contribution is 2.40. The predicted octanol–water partition coefficient (Wildman–Crippen LogP) is 3.98. The number of anilines is 4. The van der Waals surface area contributed by atoms with Gasteiger partial charge in [-0.25, -0.2) is 27.2 Å². The Bertz CT molecular complexity index is 1540. The minimum absolute atomic E-state index is 0.0829. The van der Waals surface area contributed by atoms with Gasteiger partial charge in [0.1, 0.15) is 27.6 Å². The number of aromatic nitrogens is 3. The number of fused-ring (bicyclic) bond motifs is 1. The first-order valence-electron chi connectivity index (χ1n) is 14.2. The Morgan fingerprint density at radius 2 is 1.98 bits per heavy atom. The lowest BCUT2D eigenvalue weighted by atomic mass is 9.88. The summed E-state index contributed by atoms with van der Waals surface area (Å²) in [5.41, 5.74) is 2.17. The maximum Gasteiger partial charge on any atom is 0.290 e. The molecule has 2 aliphatic rings. The summed E-state index contributed by atoms with van der Waals surface area (Å²) in [7, 11) is -3.05. The van der Waals surface area contributed by atoms with E-state index in [1.54, 1.807) is 6.07 Å². The molecule has 0 spiro atoms. The molecular formula is C29H38F2N6O4S. The molecule has 3 aromatic rings. The third kappa shape index (κ3) is 6.42. The number of pyridine rings is 1. The Kier molecular flexibility index (Phi) is 8.55. The molecule has 1 aromatic carbocycles. The Balaban J connectivity index is 1.37. The number of aliphatic hydroxyl groups is 1. The van der Waals surface area contributed by atoms with Crippen LogP contribution >= 0.6 is 0 Å². The molecule has 0 amide bonds. The van der Waals surface area contributed by atoms with Gasteiger partial charge in [-0.05, 0) is 48.4 Å². The van der Waals surface area contributed by atoms with Crippen LogP contribution in [-0.4, -0.2) is 91.4 Å². The van der Waals surface area contributed by atoms with Gasteiger partial charge in [-0.1, -0.05) is 19.9 Å². The molecular weight excluding hydrogens is 566 g/mol. The quantitative estimate of drug-likeness (QED) is 0.352. The van der Waals surface area contributed by atoms with Crippen molar-refractivity contribution in [2.24, 2.45) is 5.92 Å². The highest BCUT2D eigenvalue weighted by atomic mass is 32.2. The van der Waals surface area contributed by atoms with Gasteiger partial charge in [0.05, 0.1) is 25.5 Å². The summed E-state index contributed by atoms with van der Waals surface area (Å²) in [5, 5.41) is 14.1. The van der Waals surface area contributed by atoms with Gasteiger partial charge in [-0.3, -0.25) is 0 Å². The van der Waals surface area contributed by atoms with Gasteiger partial charge in [0.15, 0.2) is 0 Å². The summed E-state index contributed by atoms with van der Waals surface area (Å²) < 4.78 is 58.2. The molecule has 2 fully saturated rings. The summed E-state index contributed by atoms with van der Waals surface area (Å²) in [6.07, 6.45) is 3.45. The van der Waals surface area contributed by atoms with Crippen molar-refractivity contribution >= 4 is 43.9 Å². The zero-order chi connectivity index (χ0) is 30.2. The Hall–Kier alpha value is -3.16. The number of hydrogen-bond donors (Lipinski definition) is 2. The van der Waals surface area contributed by atoms with Crippen LogP contribution in [0.4, 0.5) is 32.1 Å². The summed E-state index contributed by atoms with van der Waals surface area (Å²) >= 11 is 0. The molecule has 2 aromatic heterocycles. The lowest BCUT2D eigenvalue weighted by molar-refractivity contribution is -0.146. The van der Waals surface area contributed by atoms with E-state index < -0.39 is 28.4 Å². The zero-order valence-electron chi connectivity index (χ0n) is 24.3. The van der Waals surface area contributed by atoms with Crippen LogP contribution in [0.5, 0.6) is 0 Å². The van der Waals surface area contributed by atoms with E-state index in [4.69, 9.17) is 9.84 Å². The molecule has 42 heavy (non-hydrogen) atoms. The maximum atomic E-state index is 14.7. The van der Waals surface area contributed by atoms with Gasteiger partial charge >= 0.3 is 0 Å². The molecule has 2 N–H and O–H groups in total. The maximum absolute atomic E-state index is 14.7. The van der Waals surface area contributed by atoms with E-state index in [1.165, 1.54) is 17.4 Å². The first-order chi connectivity index (χ1) is 19.9. The summed E-state index contributed by atoms with van der Waals surface area (Å²) in [4.78, 5) is 17.0. The van der Waals surface area contributed by atoms with E-state index in [0.29, 0.717) is 24.7 Å². The van der Waals surface area contributed by atoms with Gasteiger partial charge in [0.25, 0.3) is 5.92 Å². The number of aliphatic hydroxyl groups excluding tert-OH is 1. The number of hydrogen-bond acceptors (Lipinski definition) is 10. The van der Waals surface area contributed by atoms with Crippen molar-refractivity contribution in [1.82, 2.24) is 15.0 Å². The first kappa shape index (κ1) is 30.3. The van der Waals surface area contributed by atoms with Crippen LogP contribution in [-0.2, 0) is 14.6 Å². The monoisotopic (exact) mass is 604 g/mol. The van der Waals surface area contributed by atoms with Crippen LogP contribution in [0.1, 0.15) is 38.7 Å². The van der Waals surface area contributed by atoms with Crippen molar-refractivity contribution in [2.75, 3.05) is 60.0 Å². The van der Waals surface area contributed by atoms with Crippen LogP contribution in [0.2, 0.25) is 0 Å². The first-order valence-corrected chi connectivity index (χ1v) is 16.2. The number of ether oxygens (including phenoxy) is 1. The minimum atomic E-state index is -3.11. The number of rotatable bonds is 10. The third-order valence-electron chi connectivity index (χ3n) is 8.09. The molecule has 2 saturated heterocycles. The largest absolute Gasteiger partial charge is 0.394 e. The smallest absolute Gasteiger partial charge is 0.290 e. The molecule has 13 heteroatoms. The van der Waals surface area contributed by atoms with E-state index in [2.05, 4.69) is 58.1 Å². The van der Waals surface area contributed by atoms with Crippen LogP contribution in [0.3, 0.4) is 0 Å². The number of benzene rings is 1. The second-order valence-corrected chi connectivity index (χ2v) is 13.8. The molecule has 4 heterocycles. The number of sulfone groups is 1. The summed E-state index contributed by atoms with van der Waals surface area (Å²) in [6, 6.07) is 7.91. The Morgan fingerprint density at radius 1 is 1.19 bits per heavy atom. The van der Waals surface area contributed by atoms with E-state index in [1.807, 2.05) is 12.3 Å². The average molecular weight is 605 g/mol. The Labute approximate surface area is 245 Å². The predicted molar refractivity (Wildman–Crippen MR) is 160 cm³/mol. The van der Waals surface area contributed by atoms with Crippen LogP contribution in [0.15, 0.2) is 36.7 Å². The SMILES string of the molecule is CC(C)c1ccc(N2C[C@H](CS(C)(=O)=O)[C@H]2C)c2cnc(Nc3ccnc(N4CC[C@H](OCCO)C(F)(F)C4)n3)cc12. The van der Waals surface area contributed by atoms with Gasteiger partial charge in [0, 0.05) is 54.8 Å².